The first-order valence-corrected chi connectivity index (χ1v) is 9.62. The monoisotopic (exact) mass is 432 g/mol. The number of pyridine rings is 1. The number of nitrogens with one attached hydrogen (secondary N) is 2. The van der Waals surface area contributed by atoms with Gasteiger partial charge in [0.05, 0.1) is 22.9 Å². The van der Waals surface area contributed by atoms with Gasteiger partial charge in [0.25, 0.3) is 0 Å². The lowest BCUT2D eigenvalue weighted by Gasteiger charge is -2.09. The summed E-state index contributed by atoms with van der Waals surface area (Å²) < 4.78 is 38.7. The van der Waals surface area contributed by atoms with E-state index in [1.165, 1.54) is 6.33 Å². The molecule has 5 rings (SSSR count). The Morgan fingerprint density at radius 2 is 1.69 bits per heavy atom. The van der Waals surface area contributed by atoms with Crippen LogP contribution in [0.15, 0.2) is 79.4 Å². The number of alkyl halides is 3. The summed E-state index contributed by atoms with van der Waals surface area (Å²) in [4.78, 5) is 19.0. The summed E-state index contributed by atoms with van der Waals surface area (Å²) >= 11 is 0. The Bertz CT molecular complexity index is 1380. The van der Waals surface area contributed by atoms with E-state index in [4.69, 9.17) is 0 Å². The maximum atomic E-state index is 12.9. The Morgan fingerprint density at radius 1 is 0.844 bits per heavy atom. The summed E-state index contributed by atoms with van der Waals surface area (Å²) in [7, 11) is 0. The molecule has 0 saturated carbocycles. The zero-order chi connectivity index (χ0) is 22.1. The lowest BCUT2D eigenvalue weighted by Crippen LogP contribution is -2.07. The predicted molar refractivity (Wildman–Crippen MR) is 115 cm³/mol. The van der Waals surface area contributed by atoms with Crippen molar-refractivity contribution in [3.8, 4) is 22.6 Å². The molecule has 0 unspecified atom stereocenters. The quantitative estimate of drug-likeness (QED) is 0.373. The van der Waals surface area contributed by atoms with Gasteiger partial charge in [-0.25, -0.2) is 19.9 Å². The van der Waals surface area contributed by atoms with Gasteiger partial charge < -0.3 is 10.3 Å². The van der Waals surface area contributed by atoms with Crippen molar-refractivity contribution in [1.82, 2.24) is 24.9 Å². The first kappa shape index (κ1) is 19.7. The van der Waals surface area contributed by atoms with Crippen LogP contribution in [0, 0.1) is 0 Å². The van der Waals surface area contributed by atoms with Crippen LogP contribution in [0.4, 0.5) is 24.5 Å². The number of H-pyrrole nitrogens is 1. The van der Waals surface area contributed by atoms with E-state index in [9.17, 15) is 13.2 Å². The largest absolute Gasteiger partial charge is 0.433 e. The second-order valence-corrected chi connectivity index (χ2v) is 7.05. The van der Waals surface area contributed by atoms with Crippen LogP contribution in [-0.2, 0) is 6.18 Å². The third-order valence-electron chi connectivity index (χ3n) is 4.85. The highest BCUT2D eigenvalue weighted by Gasteiger charge is 2.32. The van der Waals surface area contributed by atoms with Gasteiger partial charge in [0.2, 0.25) is 0 Å². The molecule has 0 aliphatic rings. The molecule has 0 aliphatic heterocycles. The normalized spacial score (nSPS) is 11.6. The molecule has 9 heteroatoms. The minimum absolute atomic E-state index is 0.209. The van der Waals surface area contributed by atoms with E-state index in [1.807, 2.05) is 54.6 Å². The summed E-state index contributed by atoms with van der Waals surface area (Å²) in [5, 5.41) is 3.32. The fourth-order valence-corrected chi connectivity index (χ4v) is 3.30. The Kier molecular flexibility index (Phi) is 4.78. The fraction of sp³-hybridized carbons (Fsp3) is 0.0435. The molecule has 0 fully saturated rings. The first-order valence-electron chi connectivity index (χ1n) is 9.62. The molecule has 2 aromatic carbocycles. The molecule has 0 bridgehead atoms. The minimum atomic E-state index is -4.51. The number of hydrogen-bond donors (Lipinski definition) is 2. The molecular weight excluding hydrogens is 417 g/mol. The Hall–Kier alpha value is -4.27. The number of fused-ring (bicyclic) bond motifs is 1. The number of benzene rings is 2. The van der Waals surface area contributed by atoms with E-state index in [-0.39, 0.29) is 5.52 Å². The van der Waals surface area contributed by atoms with Crippen LogP contribution in [0.25, 0.3) is 33.7 Å². The van der Waals surface area contributed by atoms with Crippen molar-refractivity contribution in [2.45, 2.75) is 6.18 Å². The summed E-state index contributed by atoms with van der Waals surface area (Å²) in [6, 6.07) is 18.0. The van der Waals surface area contributed by atoms with Crippen LogP contribution in [0.1, 0.15) is 5.69 Å². The fourth-order valence-electron chi connectivity index (χ4n) is 3.30. The van der Waals surface area contributed by atoms with Gasteiger partial charge >= 0.3 is 6.18 Å². The molecule has 2 N–H and O–H groups in total. The number of rotatable bonds is 4. The van der Waals surface area contributed by atoms with Crippen molar-refractivity contribution in [3.63, 3.8) is 0 Å². The van der Waals surface area contributed by atoms with E-state index in [0.29, 0.717) is 11.3 Å². The van der Waals surface area contributed by atoms with Gasteiger partial charge in [-0.05, 0) is 36.4 Å². The number of nitrogens with zero attached hydrogens (tertiary/aromatic N) is 4. The molecule has 32 heavy (non-hydrogen) atoms. The summed E-state index contributed by atoms with van der Waals surface area (Å²) in [5.41, 5.74) is 3.91. The van der Waals surface area contributed by atoms with Crippen molar-refractivity contribution in [1.29, 1.82) is 0 Å². The van der Waals surface area contributed by atoms with E-state index in [2.05, 4.69) is 30.2 Å². The third kappa shape index (κ3) is 4.00. The number of hydrogen-bond acceptors (Lipinski definition) is 5. The van der Waals surface area contributed by atoms with Gasteiger partial charge in [-0.15, -0.1) is 0 Å². The zero-order valence-electron chi connectivity index (χ0n) is 16.4. The van der Waals surface area contributed by atoms with Gasteiger partial charge in [0.1, 0.15) is 17.8 Å². The number of halogens is 3. The van der Waals surface area contributed by atoms with Gasteiger partial charge in [-0.1, -0.05) is 24.3 Å². The molecule has 5 aromatic rings. The average Bonchev–Trinajstić information content (AvgIpc) is 3.23. The van der Waals surface area contributed by atoms with Gasteiger partial charge in [-0.2, -0.15) is 13.2 Å². The van der Waals surface area contributed by atoms with Crippen molar-refractivity contribution < 1.29 is 13.2 Å². The third-order valence-corrected chi connectivity index (χ3v) is 4.85. The van der Waals surface area contributed by atoms with E-state index in [1.54, 1.807) is 6.20 Å². The van der Waals surface area contributed by atoms with Gasteiger partial charge in [0, 0.05) is 28.7 Å². The maximum Gasteiger partial charge on any atom is 0.433 e. The molecule has 0 atom stereocenters. The van der Waals surface area contributed by atoms with Crippen molar-refractivity contribution in [2.24, 2.45) is 0 Å². The predicted octanol–water partition coefficient (Wildman–Crippen LogP) is 5.84. The number of imidazole rings is 1. The van der Waals surface area contributed by atoms with E-state index in [0.717, 1.165) is 40.5 Å². The highest BCUT2D eigenvalue weighted by Crippen LogP contribution is 2.30. The first-order chi connectivity index (χ1) is 15.5. The Labute approximate surface area is 180 Å². The minimum Gasteiger partial charge on any atom is -0.356 e. The van der Waals surface area contributed by atoms with Crippen molar-refractivity contribution >= 4 is 22.4 Å². The second kappa shape index (κ2) is 7.77. The number of anilines is 2. The molecule has 3 heterocycles. The number of aromatic nitrogens is 5. The van der Waals surface area contributed by atoms with E-state index < -0.39 is 11.9 Å². The molecule has 0 spiro atoms. The van der Waals surface area contributed by atoms with Crippen LogP contribution in [0.5, 0.6) is 0 Å². The van der Waals surface area contributed by atoms with Gasteiger partial charge in [-0.3, -0.25) is 0 Å². The van der Waals surface area contributed by atoms with Crippen molar-refractivity contribution in [2.75, 3.05) is 5.32 Å². The highest BCUT2D eigenvalue weighted by atomic mass is 19.4. The topological polar surface area (TPSA) is 79.4 Å². The molecule has 6 nitrogen and oxygen atoms in total. The zero-order valence-corrected chi connectivity index (χ0v) is 16.4. The van der Waals surface area contributed by atoms with Gasteiger partial charge in [0.15, 0.2) is 0 Å². The second-order valence-electron chi connectivity index (χ2n) is 7.05. The molecule has 158 valence electrons. The van der Waals surface area contributed by atoms with E-state index >= 15 is 0 Å². The Balaban J connectivity index is 1.39. The van der Waals surface area contributed by atoms with Crippen LogP contribution >= 0.6 is 0 Å². The molecular formula is C23H15F3N6. The molecule has 0 radical (unpaired) electrons. The summed E-state index contributed by atoms with van der Waals surface area (Å²) in [6.45, 7) is 0. The highest BCUT2D eigenvalue weighted by molar-refractivity contribution is 5.80. The summed E-state index contributed by atoms with van der Waals surface area (Å²) in [5.74, 6) is 0.462. The maximum absolute atomic E-state index is 12.9. The lowest BCUT2D eigenvalue weighted by molar-refractivity contribution is -0.141. The van der Waals surface area contributed by atoms with Crippen LogP contribution in [0.3, 0.4) is 0 Å². The summed E-state index contributed by atoms with van der Waals surface area (Å²) in [6.07, 6.45) is -0.167. The van der Waals surface area contributed by atoms with Crippen LogP contribution in [0.2, 0.25) is 0 Å². The standard InChI is InChI=1S/C23H15F3N6/c24-23(25,26)21-11-19-20(12-28-21)32-22(31-19)15-2-1-3-17(10-15)30-16-6-4-14(5-7-16)18-8-9-27-13-29-18/h1-13,30H,(H,31,32). The average molecular weight is 432 g/mol. The molecule has 3 aromatic heterocycles. The molecule has 0 saturated heterocycles. The van der Waals surface area contributed by atoms with Crippen molar-refractivity contribution in [3.05, 3.63) is 85.1 Å². The van der Waals surface area contributed by atoms with Crippen LogP contribution in [-0.4, -0.2) is 24.9 Å². The lowest BCUT2D eigenvalue weighted by atomic mass is 10.1. The Morgan fingerprint density at radius 3 is 2.44 bits per heavy atom. The molecule has 0 amide bonds. The number of aromatic amines is 1. The SMILES string of the molecule is FC(F)(F)c1cc2nc(-c3cccc(Nc4ccc(-c5ccncn5)cc4)c3)[nH]c2cn1. The smallest absolute Gasteiger partial charge is 0.356 e. The van der Waals surface area contributed by atoms with Crippen LogP contribution < -0.4 is 5.32 Å². The molecule has 0 aliphatic carbocycles.